The Morgan fingerprint density at radius 2 is 2.00 bits per heavy atom. The molecular weight excluding hydrogens is 222 g/mol. The fourth-order valence-electron chi connectivity index (χ4n) is 3.51. The van der Waals surface area contributed by atoms with Crippen LogP contribution < -0.4 is 5.32 Å². The lowest BCUT2D eigenvalue weighted by Crippen LogP contribution is -2.41. The summed E-state index contributed by atoms with van der Waals surface area (Å²) in [6.45, 7) is 3.16. The van der Waals surface area contributed by atoms with Crippen LogP contribution in [0.4, 0.5) is 5.82 Å². The molecule has 18 heavy (non-hydrogen) atoms. The second kappa shape index (κ2) is 4.88. The minimum Gasteiger partial charge on any atom is -0.370 e. The molecule has 1 N–H and O–H groups in total. The van der Waals surface area contributed by atoms with Crippen molar-refractivity contribution in [3.8, 4) is 0 Å². The van der Waals surface area contributed by atoms with Gasteiger partial charge in [-0.2, -0.15) is 0 Å². The fraction of sp³-hybridized carbons (Fsp3) is 0.667. The highest BCUT2D eigenvalue weighted by Gasteiger charge is 2.38. The van der Waals surface area contributed by atoms with Gasteiger partial charge >= 0.3 is 0 Å². The van der Waals surface area contributed by atoms with Crippen LogP contribution in [0.1, 0.15) is 31.2 Å². The van der Waals surface area contributed by atoms with Gasteiger partial charge < -0.3 is 10.2 Å². The molecule has 2 saturated heterocycles. The first-order valence-electron chi connectivity index (χ1n) is 7.11. The van der Waals surface area contributed by atoms with Gasteiger partial charge in [-0.15, -0.1) is 0 Å². The number of nitrogens with zero attached hydrogens (tertiary/aromatic N) is 2. The van der Waals surface area contributed by atoms with Crippen molar-refractivity contribution in [2.75, 3.05) is 18.9 Å². The van der Waals surface area contributed by atoms with Crippen LogP contribution >= 0.6 is 0 Å². The second-order valence-corrected chi connectivity index (χ2v) is 5.99. The summed E-state index contributed by atoms with van der Waals surface area (Å²) in [6, 6.07) is 5.87. The molecular formula is C15H23N3. The van der Waals surface area contributed by atoms with E-state index in [1.54, 1.807) is 0 Å². The molecule has 2 aliphatic heterocycles. The van der Waals surface area contributed by atoms with Crippen LogP contribution in [0.3, 0.4) is 0 Å². The van der Waals surface area contributed by atoms with E-state index in [0.29, 0.717) is 0 Å². The lowest BCUT2D eigenvalue weighted by Gasteiger charge is -2.36. The molecule has 0 spiro atoms. The minimum absolute atomic E-state index is 0.821. The van der Waals surface area contributed by atoms with Crippen molar-refractivity contribution in [2.45, 2.75) is 44.7 Å². The van der Waals surface area contributed by atoms with Gasteiger partial charge in [-0.3, -0.25) is 0 Å². The summed E-state index contributed by atoms with van der Waals surface area (Å²) in [7, 11) is 2.30. The van der Waals surface area contributed by atoms with E-state index in [9.17, 15) is 0 Å². The largest absolute Gasteiger partial charge is 0.370 e. The Labute approximate surface area is 110 Å². The molecule has 1 aromatic rings. The molecule has 3 heteroatoms. The third-order valence-corrected chi connectivity index (χ3v) is 4.68. The molecule has 2 atom stereocenters. The van der Waals surface area contributed by atoms with Crippen molar-refractivity contribution in [2.24, 2.45) is 5.92 Å². The van der Waals surface area contributed by atoms with Gasteiger partial charge in [0.05, 0.1) is 0 Å². The fourth-order valence-corrected chi connectivity index (χ4v) is 3.51. The van der Waals surface area contributed by atoms with Gasteiger partial charge in [0.15, 0.2) is 0 Å². The van der Waals surface area contributed by atoms with Crippen LogP contribution in [0, 0.1) is 12.8 Å². The molecule has 0 aliphatic carbocycles. The van der Waals surface area contributed by atoms with Gasteiger partial charge in [0, 0.05) is 24.8 Å². The Morgan fingerprint density at radius 3 is 2.61 bits per heavy atom. The van der Waals surface area contributed by atoms with Crippen molar-refractivity contribution >= 4 is 5.82 Å². The maximum absolute atomic E-state index is 4.41. The first-order valence-corrected chi connectivity index (χ1v) is 7.11. The summed E-state index contributed by atoms with van der Waals surface area (Å²) in [5.41, 5.74) is 1.22. The van der Waals surface area contributed by atoms with Crippen LogP contribution in [-0.2, 0) is 0 Å². The number of hydrogen-bond acceptors (Lipinski definition) is 3. The number of pyridine rings is 1. The summed E-state index contributed by atoms with van der Waals surface area (Å²) in [6.07, 6.45) is 7.44. The van der Waals surface area contributed by atoms with Crippen molar-refractivity contribution in [1.29, 1.82) is 0 Å². The van der Waals surface area contributed by atoms with Gasteiger partial charge in [-0.1, -0.05) is 6.07 Å². The maximum atomic E-state index is 4.41. The number of rotatable bonds is 3. The lowest BCUT2D eigenvalue weighted by molar-refractivity contribution is 0.139. The molecule has 3 nitrogen and oxygen atoms in total. The molecule has 0 amide bonds. The highest BCUT2D eigenvalue weighted by Crippen LogP contribution is 2.37. The monoisotopic (exact) mass is 245 g/mol. The summed E-state index contributed by atoms with van der Waals surface area (Å²) in [5.74, 6) is 1.84. The molecule has 0 radical (unpaired) electrons. The first kappa shape index (κ1) is 12.0. The Balaban J connectivity index is 1.54. The molecule has 1 aromatic heterocycles. The third kappa shape index (κ3) is 2.37. The Kier molecular flexibility index (Phi) is 3.25. The normalized spacial score (nSPS) is 31.6. The van der Waals surface area contributed by atoms with Crippen molar-refractivity contribution in [1.82, 2.24) is 9.88 Å². The Bertz CT molecular complexity index is 387. The molecule has 2 aliphatic rings. The zero-order chi connectivity index (χ0) is 12.5. The smallest absolute Gasteiger partial charge is 0.125 e. The zero-order valence-corrected chi connectivity index (χ0v) is 11.4. The lowest BCUT2D eigenvalue weighted by atomic mass is 9.91. The summed E-state index contributed by atoms with van der Waals surface area (Å²) >= 11 is 0. The number of anilines is 1. The van der Waals surface area contributed by atoms with E-state index in [1.165, 1.54) is 31.2 Å². The minimum atomic E-state index is 0.821. The molecule has 2 fully saturated rings. The van der Waals surface area contributed by atoms with Gasteiger partial charge in [0.1, 0.15) is 5.82 Å². The average molecular weight is 245 g/mol. The average Bonchev–Trinajstić information content (AvgIpc) is 2.62. The van der Waals surface area contributed by atoms with Crippen molar-refractivity contribution < 1.29 is 0 Å². The van der Waals surface area contributed by atoms with E-state index in [1.807, 2.05) is 6.20 Å². The van der Waals surface area contributed by atoms with Crippen LogP contribution in [0.15, 0.2) is 18.3 Å². The molecule has 0 saturated carbocycles. The summed E-state index contributed by atoms with van der Waals surface area (Å²) in [4.78, 5) is 7.01. The molecule has 3 heterocycles. The maximum Gasteiger partial charge on any atom is 0.125 e. The molecule has 0 aromatic carbocycles. The van der Waals surface area contributed by atoms with E-state index in [2.05, 4.69) is 41.3 Å². The molecule has 3 rings (SSSR count). The number of hydrogen-bond donors (Lipinski definition) is 1. The van der Waals surface area contributed by atoms with E-state index >= 15 is 0 Å². The van der Waals surface area contributed by atoms with Crippen LogP contribution in [0.2, 0.25) is 0 Å². The van der Waals surface area contributed by atoms with E-state index in [4.69, 9.17) is 0 Å². The third-order valence-electron chi connectivity index (χ3n) is 4.68. The van der Waals surface area contributed by atoms with Gasteiger partial charge in [0.2, 0.25) is 0 Å². The molecule has 2 bridgehead atoms. The van der Waals surface area contributed by atoms with Crippen LogP contribution in [0.5, 0.6) is 0 Å². The Morgan fingerprint density at radius 1 is 1.28 bits per heavy atom. The first-order chi connectivity index (χ1) is 8.72. The standard InChI is InChI=1S/C15H23N3/c1-11-3-6-15(16-9-11)17-10-12-7-13-4-5-14(8-12)18(13)2/h3,6,9,12-14H,4-5,7-8,10H2,1-2H3,(H,16,17). The quantitative estimate of drug-likeness (QED) is 0.887. The number of aromatic nitrogens is 1. The Hall–Kier alpha value is -1.09. The number of aryl methyl sites for hydroxylation is 1. The molecule has 98 valence electrons. The predicted molar refractivity (Wildman–Crippen MR) is 74.8 cm³/mol. The van der Waals surface area contributed by atoms with Gasteiger partial charge in [0.25, 0.3) is 0 Å². The summed E-state index contributed by atoms with van der Waals surface area (Å²) < 4.78 is 0. The molecule has 2 unspecified atom stereocenters. The number of fused-ring (bicyclic) bond motifs is 2. The van der Waals surface area contributed by atoms with Crippen LogP contribution in [-0.4, -0.2) is 35.6 Å². The number of nitrogens with one attached hydrogen (secondary N) is 1. The van der Waals surface area contributed by atoms with Gasteiger partial charge in [-0.25, -0.2) is 4.98 Å². The van der Waals surface area contributed by atoms with E-state index in [0.717, 1.165) is 30.4 Å². The second-order valence-electron chi connectivity index (χ2n) is 5.99. The van der Waals surface area contributed by atoms with Crippen molar-refractivity contribution in [3.63, 3.8) is 0 Å². The predicted octanol–water partition coefficient (Wildman–Crippen LogP) is 2.67. The highest BCUT2D eigenvalue weighted by molar-refractivity contribution is 5.35. The van der Waals surface area contributed by atoms with Crippen LogP contribution in [0.25, 0.3) is 0 Å². The highest BCUT2D eigenvalue weighted by atomic mass is 15.2. The SMILES string of the molecule is Cc1ccc(NCC2CC3CCC(C2)N3C)nc1. The van der Waals surface area contributed by atoms with Crippen molar-refractivity contribution in [3.05, 3.63) is 23.9 Å². The number of piperidine rings is 1. The summed E-state index contributed by atoms with van der Waals surface area (Å²) in [5, 5.41) is 3.50. The van der Waals surface area contributed by atoms with E-state index < -0.39 is 0 Å². The zero-order valence-electron chi connectivity index (χ0n) is 11.4. The topological polar surface area (TPSA) is 28.2 Å². The van der Waals surface area contributed by atoms with E-state index in [-0.39, 0.29) is 0 Å². The van der Waals surface area contributed by atoms with Gasteiger partial charge in [-0.05, 0) is 57.2 Å².